The SMILES string of the molecule is O=C1c2[nH]c3ccccc3c2CC(Cc2ccccc2)C1(Cl)Cl. The Hall–Kier alpha value is -1.77. The standard InChI is InChI=1S/C19H15Cl2NO/c20-19(21)13(10-12-6-2-1-3-7-12)11-15-14-8-4-5-9-16(14)22-17(15)18(19)23/h1-9,13,22H,10-11H2. The Morgan fingerprint density at radius 2 is 1.74 bits per heavy atom. The third kappa shape index (κ3) is 2.37. The van der Waals surface area contributed by atoms with Gasteiger partial charge in [-0.3, -0.25) is 4.79 Å². The molecule has 2 aromatic carbocycles. The maximum absolute atomic E-state index is 12.8. The fourth-order valence-electron chi connectivity index (χ4n) is 3.43. The lowest BCUT2D eigenvalue weighted by molar-refractivity contribution is 0.0929. The molecular formula is C19H15Cl2NO. The molecule has 0 fully saturated rings. The number of H-pyrrole nitrogens is 1. The smallest absolute Gasteiger partial charge is 0.215 e. The van der Waals surface area contributed by atoms with E-state index in [1.165, 1.54) is 0 Å². The molecular weight excluding hydrogens is 329 g/mol. The van der Waals surface area contributed by atoms with Crippen LogP contribution in [0.4, 0.5) is 0 Å². The van der Waals surface area contributed by atoms with E-state index in [-0.39, 0.29) is 11.7 Å². The van der Waals surface area contributed by atoms with Gasteiger partial charge in [-0.2, -0.15) is 0 Å². The van der Waals surface area contributed by atoms with E-state index in [1.807, 2.05) is 54.6 Å². The molecule has 1 heterocycles. The number of Topliss-reactive ketones (excluding diaryl/α,β-unsaturated/α-hetero) is 1. The highest BCUT2D eigenvalue weighted by atomic mass is 35.5. The minimum Gasteiger partial charge on any atom is -0.352 e. The average molecular weight is 344 g/mol. The summed E-state index contributed by atoms with van der Waals surface area (Å²) >= 11 is 13.0. The van der Waals surface area contributed by atoms with Gasteiger partial charge in [0.1, 0.15) is 0 Å². The van der Waals surface area contributed by atoms with E-state index in [9.17, 15) is 4.79 Å². The van der Waals surface area contributed by atoms with Crippen LogP contribution in [0.2, 0.25) is 0 Å². The number of halogens is 2. The number of rotatable bonds is 2. The predicted octanol–water partition coefficient (Wildman–Crippen LogP) is 4.94. The molecule has 1 aliphatic carbocycles. The Morgan fingerprint density at radius 1 is 1.04 bits per heavy atom. The number of hydrogen-bond acceptors (Lipinski definition) is 1. The van der Waals surface area contributed by atoms with Crippen molar-refractivity contribution in [1.29, 1.82) is 0 Å². The van der Waals surface area contributed by atoms with Gasteiger partial charge in [-0.1, -0.05) is 71.7 Å². The molecule has 0 bridgehead atoms. The zero-order valence-corrected chi connectivity index (χ0v) is 13.9. The van der Waals surface area contributed by atoms with Crippen molar-refractivity contribution < 1.29 is 4.79 Å². The molecule has 4 rings (SSSR count). The Balaban J connectivity index is 1.79. The molecule has 0 spiro atoms. The van der Waals surface area contributed by atoms with Gasteiger partial charge < -0.3 is 4.98 Å². The molecule has 1 atom stereocenters. The van der Waals surface area contributed by atoms with Crippen molar-refractivity contribution in [3.05, 3.63) is 71.4 Å². The Bertz CT molecular complexity index is 883. The molecule has 23 heavy (non-hydrogen) atoms. The Labute approximate surface area is 144 Å². The van der Waals surface area contributed by atoms with E-state index in [4.69, 9.17) is 23.2 Å². The third-order valence-electron chi connectivity index (χ3n) is 4.63. The number of hydrogen-bond donors (Lipinski definition) is 1. The summed E-state index contributed by atoms with van der Waals surface area (Å²) in [6, 6.07) is 18.0. The van der Waals surface area contributed by atoms with Gasteiger partial charge in [0.05, 0.1) is 5.69 Å². The molecule has 1 unspecified atom stereocenters. The lowest BCUT2D eigenvalue weighted by Crippen LogP contribution is -2.42. The van der Waals surface area contributed by atoms with Crippen LogP contribution in [-0.4, -0.2) is 15.1 Å². The second kappa shape index (κ2) is 5.40. The van der Waals surface area contributed by atoms with Crippen LogP contribution in [0.15, 0.2) is 54.6 Å². The fourth-order valence-corrected chi connectivity index (χ4v) is 3.93. The van der Waals surface area contributed by atoms with E-state index in [1.54, 1.807) is 0 Å². The van der Waals surface area contributed by atoms with Crippen molar-refractivity contribution in [3.63, 3.8) is 0 Å². The lowest BCUT2D eigenvalue weighted by Gasteiger charge is -2.33. The van der Waals surface area contributed by atoms with Crippen molar-refractivity contribution in [3.8, 4) is 0 Å². The van der Waals surface area contributed by atoms with E-state index < -0.39 is 4.33 Å². The van der Waals surface area contributed by atoms with E-state index in [0.717, 1.165) is 22.0 Å². The minimum atomic E-state index is -1.40. The van der Waals surface area contributed by atoms with Crippen molar-refractivity contribution in [2.75, 3.05) is 0 Å². The summed E-state index contributed by atoms with van der Waals surface area (Å²) in [5, 5.41) is 1.08. The van der Waals surface area contributed by atoms with Gasteiger partial charge >= 0.3 is 0 Å². The molecule has 2 nitrogen and oxygen atoms in total. The summed E-state index contributed by atoms with van der Waals surface area (Å²) in [7, 11) is 0. The van der Waals surface area contributed by atoms with E-state index in [0.29, 0.717) is 18.5 Å². The zero-order valence-electron chi connectivity index (χ0n) is 12.4. The van der Waals surface area contributed by atoms with Crippen LogP contribution in [0.5, 0.6) is 0 Å². The summed E-state index contributed by atoms with van der Waals surface area (Å²) in [6.45, 7) is 0. The molecule has 116 valence electrons. The van der Waals surface area contributed by atoms with Gasteiger partial charge in [0, 0.05) is 16.8 Å². The van der Waals surface area contributed by atoms with Gasteiger partial charge in [-0.05, 0) is 30.0 Å². The van der Waals surface area contributed by atoms with Crippen molar-refractivity contribution >= 4 is 39.9 Å². The van der Waals surface area contributed by atoms with Crippen LogP contribution in [0.25, 0.3) is 10.9 Å². The molecule has 0 amide bonds. The number of aromatic nitrogens is 1. The number of aromatic amines is 1. The van der Waals surface area contributed by atoms with Crippen LogP contribution < -0.4 is 0 Å². The first kappa shape index (κ1) is 14.8. The first-order valence-corrected chi connectivity index (χ1v) is 8.39. The summed E-state index contributed by atoms with van der Waals surface area (Å²) in [5.41, 5.74) is 3.68. The molecule has 1 aliphatic rings. The number of alkyl halides is 2. The number of benzene rings is 2. The van der Waals surface area contributed by atoms with Gasteiger partial charge in [-0.25, -0.2) is 0 Å². The topological polar surface area (TPSA) is 32.9 Å². The fraction of sp³-hybridized carbons (Fsp3) is 0.211. The first-order valence-electron chi connectivity index (χ1n) is 7.63. The number of carbonyl (C=O) groups is 1. The maximum Gasteiger partial charge on any atom is 0.215 e. The molecule has 1 N–H and O–H groups in total. The quantitative estimate of drug-likeness (QED) is 0.656. The number of para-hydroxylation sites is 1. The minimum absolute atomic E-state index is 0.146. The molecule has 1 aromatic heterocycles. The van der Waals surface area contributed by atoms with Crippen LogP contribution >= 0.6 is 23.2 Å². The maximum atomic E-state index is 12.8. The van der Waals surface area contributed by atoms with Gasteiger partial charge in [0.15, 0.2) is 4.33 Å². The summed E-state index contributed by atoms with van der Waals surface area (Å²) in [6.07, 6.45) is 1.37. The Morgan fingerprint density at radius 3 is 2.52 bits per heavy atom. The highest BCUT2D eigenvalue weighted by molar-refractivity contribution is 6.60. The predicted molar refractivity (Wildman–Crippen MR) is 94.4 cm³/mol. The van der Waals surface area contributed by atoms with Crippen molar-refractivity contribution in [2.45, 2.75) is 17.2 Å². The van der Waals surface area contributed by atoms with Crippen molar-refractivity contribution in [2.24, 2.45) is 5.92 Å². The second-order valence-corrected chi connectivity index (χ2v) is 7.45. The molecule has 3 aromatic rings. The number of carbonyl (C=O) groups excluding carboxylic acids is 1. The highest BCUT2D eigenvalue weighted by Gasteiger charge is 2.48. The summed E-state index contributed by atoms with van der Waals surface area (Å²) < 4.78 is -1.40. The Kier molecular flexibility index (Phi) is 3.47. The largest absolute Gasteiger partial charge is 0.352 e. The highest BCUT2D eigenvalue weighted by Crippen LogP contribution is 2.44. The number of nitrogens with one attached hydrogen (secondary N) is 1. The van der Waals surface area contributed by atoms with E-state index in [2.05, 4.69) is 4.98 Å². The normalized spacial score (nSPS) is 19.7. The van der Waals surface area contributed by atoms with Crippen LogP contribution in [0.3, 0.4) is 0 Å². The summed E-state index contributed by atoms with van der Waals surface area (Å²) in [4.78, 5) is 16.0. The number of ketones is 1. The molecule has 0 saturated heterocycles. The third-order valence-corrected chi connectivity index (χ3v) is 5.59. The average Bonchev–Trinajstić information content (AvgIpc) is 2.92. The summed E-state index contributed by atoms with van der Waals surface area (Å²) in [5.74, 6) is -0.369. The number of fused-ring (bicyclic) bond motifs is 3. The van der Waals surface area contributed by atoms with Crippen molar-refractivity contribution in [1.82, 2.24) is 4.98 Å². The molecule has 0 aliphatic heterocycles. The van der Waals surface area contributed by atoms with Gasteiger partial charge in [-0.15, -0.1) is 0 Å². The molecule has 4 heteroatoms. The lowest BCUT2D eigenvalue weighted by atomic mass is 9.81. The van der Waals surface area contributed by atoms with Crippen LogP contribution in [-0.2, 0) is 12.8 Å². The molecule has 0 saturated carbocycles. The zero-order chi connectivity index (χ0) is 16.0. The van der Waals surface area contributed by atoms with Gasteiger partial charge in [0.2, 0.25) is 5.78 Å². The van der Waals surface area contributed by atoms with Gasteiger partial charge in [0.25, 0.3) is 0 Å². The van der Waals surface area contributed by atoms with Crippen LogP contribution in [0, 0.1) is 5.92 Å². The first-order chi connectivity index (χ1) is 11.1. The molecule has 0 radical (unpaired) electrons. The monoisotopic (exact) mass is 343 g/mol. The van der Waals surface area contributed by atoms with Crippen LogP contribution in [0.1, 0.15) is 21.6 Å². The second-order valence-electron chi connectivity index (χ2n) is 6.07. The van der Waals surface area contributed by atoms with E-state index >= 15 is 0 Å².